The summed E-state index contributed by atoms with van der Waals surface area (Å²) in [6, 6.07) is 1.38. The summed E-state index contributed by atoms with van der Waals surface area (Å²) in [4.78, 5) is 27.9. The third-order valence-corrected chi connectivity index (χ3v) is 5.33. The number of hydrogen-bond donors (Lipinski definition) is 1. The number of fused-ring (bicyclic) bond motifs is 1. The van der Waals surface area contributed by atoms with Gasteiger partial charge < -0.3 is 14.9 Å². The number of aromatic nitrogens is 2. The highest BCUT2D eigenvalue weighted by molar-refractivity contribution is 5.96. The summed E-state index contributed by atoms with van der Waals surface area (Å²) >= 11 is 0. The van der Waals surface area contributed by atoms with Gasteiger partial charge in [0.25, 0.3) is 0 Å². The van der Waals surface area contributed by atoms with Crippen molar-refractivity contribution in [1.82, 2.24) is 14.7 Å². The molecule has 0 radical (unpaired) electrons. The normalized spacial score (nSPS) is 21.6. The number of amides is 2. The first-order valence-electron chi connectivity index (χ1n) is 9.20. The van der Waals surface area contributed by atoms with Gasteiger partial charge in [0.2, 0.25) is 11.8 Å². The van der Waals surface area contributed by atoms with Gasteiger partial charge in [0.1, 0.15) is 0 Å². The average Bonchev–Trinajstić information content (AvgIpc) is 3.20. The quantitative estimate of drug-likeness (QED) is 0.779. The molecule has 2 aromatic rings. The molecule has 1 fully saturated rings. The number of carbonyl (C=O) groups is 2. The van der Waals surface area contributed by atoms with Crippen molar-refractivity contribution >= 4 is 17.5 Å². The summed E-state index contributed by atoms with van der Waals surface area (Å²) in [6.45, 7) is 2.52. The van der Waals surface area contributed by atoms with Crippen molar-refractivity contribution in [2.45, 2.75) is 45.0 Å². The Morgan fingerprint density at radius 2 is 1.93 bits per heavy atom. The van der Waals surface area contributed by atoms with Crippen LogP contribution in [0.2, 0.25) is 0 Å². The summed E-state index contributed by atoms with van der Waals surface area (Å²) in [5.41, 5.74) is 1.22. The first kappa shape index (κ1) is 19.4. The summed E-state index contributed by atoms with van der Waals surface area (Å²) < 4.78 is 41.7. The SMILES string of the molecule is C[C@H]1Cn2ncc(N3C[C@H](O)CC3=O)c2CN1C(=O)Cc1cc(F)c(F)c(F)c1. The highest BCUT2D eigenvalue weighted by Crippen LogP contribution is 2.30. The van der Waals surface area contributed by atoms with E-state index in [2.05, 4.69) is 5.10 Å². The minimum absolute atomic E-state index is 0.0331. The summed E-state index contributed by atoms with van der Waals surface area (Å²) in [5.74, 6) is -4.85. The Kier molecular flexibility index (Phi) is 4.81. The molecule has 0 saturated carbocycles. The van der Waals surface area contributed by atoms with Crippen molar-refractivity contribution in [2.24, 2.45) is 0 Å². The number of anilines is 1. The van der Waals surface area contributed by atoms with Crippen molar-refractivity contribution in [3.63, 3.8) is 0 Å². The number of nitrogens with zero attached hydrogens (tertiary/aromatic N) is 4. The zero-order valence-electron chi connectivity index (χ0n) is 15.6. The van der Waals surface area contributed by atoms with Gasteiger partial charge in [-0.3, -0.25) is 14.3 Å². The van der Waals surface area contributed by atoms with Crippen LogP contribution in [0.5, 0.6) is 0 Å². The van der Waals surface area contributed by atoms with Crippen LogP contribution < -0.4 is 4.90 Å². The number of β-amino-alcohol motifs (C(OH)–C–C–N with tert-alkyl or cyclic N) is 1. The Bertz CT molecular complexity index is 970. The first-order chi connectivity index (χ1) is 13.7. The van der Waals surface area contributed by atoms with Gasteiger partial charge in [-0.2, -0.15) is 5.10 Å². The highest BCUT2D eigenvalue weighted by atomic mass is 19.2. The van der Waals surface area contributed by atoms with Crippen LogP contribution in [0.1, 0.15) is 24.6 Å². The van der Waals surface area contributed by atoms with Gasteiger partial charge in [-0.05, 0) is 24.6 Å². The molecular weight excluding hydrogens is 389 g/mol. The Balaban J connectivity index is 1.56. The lowest BCUT2D eigenvalue weighted by atomic mass is 10.1. The smallest absolute Gasteiger partial charge is 0.229 e. The zero-order chi connectivity index (χ0) is 20.9. The Labute approximate surface area is 164 Å². The fraction of sp³-hybridized carbons (Fsp3) is 0.421. The molecule has 0 bridgehead atoms. The maximum absolute atomic E-state index is 13.4. The number of benzene rings is 1. The molecule has 7 nitrogen and oxygen atoms in total. The lowest BCUT2D eigenvalue weighted by molar-refractivity contribution is -0.134. The second-order valence-electron chi connectivity index (χ2n) is 7.44. The van der Waals surface area contributed by atoms with E-state index in [1.165, 1.54) is 16.0 Å². The van der Waals surface area contributed by atoms with E-state index in [4.69, 9.17) is 0 Å². The number of aliphatic hydroxyl groups is 1. The maximum atomic E-state index is 13.4. The molecule has 1 aromatic carbocycles. The van der Waals surface area contributed by atoms with Crippen LogP contribution in [-0.2, 0) is 29.1 Å². The number of carbonyl (C=O) groups excluding carboxylic acids is 2. The topological polar surface area (TPSA) is 78.7 Å². The molecule has 1 N–H and O–H groups in total. The fourth-order valence-electron chi connectivity index (χ4n) is 3.85. The number of halogens is 3. The van der Waals surface area contributed by atoms with Crippen LogP contribution >= 0.6 is 0 Å². The molecule has 154 valence electrons. The van der Waals surface area contributed by atoms with Crippen LogP contribution in [0.15, 0.2) is 18.3 Å². The van der Waals surface area contributed by atoms with E-state index in [1.807, 2.05) is 6.92 Å². The molecule has 10 heteroatoms. The predicted octanol–water partition coefficient (Wildman–Crippen LogP) is 1.37. The number of hydrogen-bond acceptors (Lipinski definition) is 4. The van der Waals surface area contributed by atoms with Gasteiger partial charge >= 0.3 is 0 Å². The lowest BCUT2D eigenvalue weighted by Gasteiger charge is -2.35. The van der Waals surface area contributed by atoms with Gasteiger partial charge in [0.15, 0.2) is 17.5 Å². The third-order valence-electron chi connectivity index (χ3n) is 5.33. The number of aliphatic hydroxyl groups excluding tert-OH is 1. The molecule has 0 spiro atoms. The molecule has 2 aliphatic rings. The average molecular weight is 408 g/mol. The summed E-state index contributed by atoms with van der Waals surface area (Å²) in [7, 11) is 0. The standard InChI is InChI=1S/C19H19F3N4O3/c1-10-7-26-16(15(6-23-26)25-8-12(27)5-18(25)29)9-24(10)17(28)4-11-2-13(20)19(22)14(21)3-11/h2-3,6,10,12,27H,4-5,7-9H2,1H3/t10-,12+/m0/s1. The van der Waals surface area contributed by atoms with E-state index in [-0.39, 0.29) is 49.4 Å². The molecule has 1 aromatic heterocycles. The molecule has 1 saturated heterocycles. The van der Waals surface area contributed by atoms with Crippen molar-refractivity contribution in [3.05, 3.63) is 47.0 Å². The minimum atomic E-state index is -1.57. The molecule has 3 heterocycles. The van der Waals surface area contributed by atoms with Gasteiger partial charge in [-0.15, -0.1) is 0 Å². The molecule has 2 aliphatic heterocycles. The molecule has 4 rings (SSSR count). The Morgan fingerprint density at radius 3 is 2.55 bits per heavy atom. The monoisotopic (exact) mass is 408 g/mol. The summed E-state index contributed by atoms with van der Waals surface area (Å²) in [6.07, 6.45) is 0.535. The second-order valence-corrected chi connectivity index (χ2v) is 7.44. The van der Waals surface area contributed by atoms with Crippen molar-refractivity contribution in [2.75, 3.05) is 11.4 Å². The third kappa shape index (κ3) is 3.48. The summed E-state index contributed by atoms with van der Waals surface area (Å²) in [5, 5.41) is 14.0. The van der Waals surface area contributed by atoms with Gasteiger partial charge in [-0.25, -0.2) is 13.2 Å². The van der Waals surface area contributed by atoms with E-state index in [9.17, 15) is 27.9 Å². The van der Waals surface area contributed by atoms with Gasteiger partial charge in [0, 0.05) is 6.04 Å². The predicted molar refractivity (Wildman–Crippen MR) is 95.2 cm³/mol. The van der Waals surface area contributed by atoms with Crippen LogP contribution in [0.3, 0.4) is 0 Å². The van der Waals surface area contributed by atoms with E-state index in [0.29, 0.717) is 17.9 Å². The fourth-order valence-corrected chi connectivity index (χ4v) is 3.85. The van der Waals surface area contributed by atoms with Crippen molar-refractivity contribution in [3.8, 4) is 0 Å². The minimum Gasteiger partial charge on any atom is -0.391 e. The van der Waals surface area contributed by atoms with Crippen LogP contribution in [0, 0.1) is 17.5 Å². The Morgan fingerprint density at radius 1 is 1.24 bits per heavy atom. The van der Waals surface area contributed by atoms with E-state index in [0.717, 1.165) is 12.1 Å². The molecule has 2 amide bonds. The van der Waals surface area contributed by atoms with Crippen LogP contribution in [0.25, 0.3) is 0 Å². The van der Waals surface area contributed by atoms with Crippen LogP contribution in [-0.4, -0.2) is 50.3 Å². The molecule has 29 heavy (non-hydrogen) atoms. The molecular formula is C19H19F3N4O3. The second kappa shape index (κ2) is 7.18. The van der Waals surface area contributed by atoms with Crippen molar-refractivity contribution in [1.29, 1.82) is 0 Å². The molecule has 0 unspecified atom stereocenters. The van der Waals surface area contributed by atoms with Gasteiger partial charge in [0.05, 0.1) is 56.2 Å². The van der Waals surface area contributed by atoms with E-state index >= 15 is 0 Å². The Hall–Kier alpha value is -2.88. The van der Waals surface area contributed by atoms with Crippen molar-refractivity contribution < 1.29 is 27.9 Å². The first-order valence-corrected chi connectivity index (χ1v) is 9.20. The number of rotatable bonds is 3. The molecule has 2 atom stereocenters. The molecule has 0 aliphatic carbocycles. The largest absolute Gasteiger partial charge is 0.391 e. The van der Waals surface area contributed by atoms with E-state index in [1.54, 1.807) is 4.68 Å². The van der Waals surface area contributed by atoms with Crippen LogP contribution in [0.4, 0.5) is 18.9 Å². The maximum Gasteiger partial charge on any atom is 0.229 e. The van der Waals surface area contributed by atoms with Gasteiger partial charge in [-0.1, -0.05) is 0 Å². The zero-order valence-corrected chi connectivity index (χ0v) is 15.6. The van der Waals surface area contributed by atoms with E-state index < -0.39 is 23.6 Å². The highest BCUT2D eigenvalue weighted by Gasteiger charge is 2.35. The lowest BCUT2D eigenvalue weighted by Crippen LogP contribution is -2.46.